The quantitative estimate of drug-likeness (QED) is 0.311. The molecule has 2 aromatic carbocycles. The molecule has 1 amide bonds. The normalized spacial score (nSPS) is 13.5. The van der Waals surface area contributed by atoms with Crippen molar-refractivity contribution in [2.45, 2.75) is 4.90 Å². The summed E-state index contributed by atoms with van der Waals surface area (Å²) in [6, 6.07) is 14.1. The second kappa shape index (κ2) is 11.3. The summed E-state index contributed by atoms with van der Waals surface area (Å²) in [4.78, 5) is 20.0. The predicted octanol–water partition coefficient (Wildman–Crippen LogP) is 3.00. The molecule has 0 bridgehead atoms. The van der Waals surface area contributed by atoms with Crippen molar-refractivity contribution in [1.82, 2.24) is 15.0 Å². The number of carbonyl (C=O) groups is 1. The Bertz CT molecular complexity index is 1730. The van der Waals surface area contributed by atoms with Gasteiger partial charge in [-0.1, -0.05) is 23.4 Å². The number of anilines is 2. The standard InChI is InChI=1S/C28H27N5O7S/c1-5-24(34)33-14-12-32(13-15-33)19-9-6-8-18(16-19)20-17-23(39-4)25-27(30-40-28(25)29-20)31-41(35,36)26-21(37-2)10-7-11-22(26)38-3/h1,6-11,16-17H,12-15H2,2-4H3,(H,30,31). The predicted molar refractivity (Wildman–Crippen MR) is 152 cm³/mol. The number of pyridine rings is 1. The number of hydrogen-bond acceptors (Lipinski definition) is 10. The van der Waals surface area contributed by atoms with Gasteiger partial charge in [-0.15, -0.1) is 6.42 Å². The minimum absolute atomic E-state index is 0.0795. The topological polar surface area (TPSA) is 136 Å². The van der Waals surface area contributed by atoms with E-state index in [1.165, 1.54) is 33.5 Å². The fraction of sp³-hybridized carbons (Fsp3) is 0.250. The molecule has 212 valence electrons. The average Bonchev–Trinajstić information content (AvgIpc) is 3.41. The zero-order valence-electron chi connectivity index (χ0n) is 22.6. The van der Waals surface area contributed by atoms with E-state index in [1.54, 1.807) is 17.0 Å². The van der Waals surface area contributed by atoms with Gasteiger partial charge < -0.3 is 28.5 Å². The lowest BCUT2D eigenvalue weighted by Crippen LogP contribution is -2.48. The third-order valence-electron chi connectivity index (χ3n) is 6.71. The third kappa shape index (κ3) is 5.29. The molecule has 1 fully saturated rings. The molecule has 3 heterocycles. The lowest BCUT2D eigenvalue weighted by atomic mass is 10.1. The van der Waals surface area contributed by atoms with E-state index in [9.17, 15) is 13.2 Å². The zero-order valence-corrected chi connectivity index (χ0v) is 23.4. The second-order valence-electron chi connectivity index (χ2n) is 8.99. The smallest absolute Gasteiger partial charge is 0.298 e. The average molecular weight is 578 g/mol. The van der Waals surface area contributed by atoms with Crippen molar-refractivity contribution in [3.8, 4) is 40.8 Å². The van der Waals surface area contributed by atoms with E-state index >= 15 is 0 Å². The van der Waals surface area contributed by atoms with E-state index in [1.807, 2.05) is 24.3 Å². The van der Waals surface area contributed by atoms with Crippen molar-refractivity contribution < 1.29 is 31.9 Å². The number of nitrogens with one attached hydrogen (secondary N) is 1. The first-order valence-electron chi connectivity index (χ1n) is 12.5. The highest BCUT2D eigenvalue weighted by atomic mass is 32.2. The summed E-state index contributed by atoms with van der Waals surface area (Å²) in [5.41, 5.74) is 2.35. The van der Waals surface area contributed by atoms with Gasteiger partial charge in [-0.2, -0.15) is 0 Å². The summed E-state index contributed by atoms with van der Waals surface area (Å²) < 4.78 is 50.8. The van der Waals surface area contributed by atoms with Gasteiger partial charge in [-0.3, -0.25) is 9.52 Å². The Kier molecular flexibility index (Phi) is 7.58. The van der Waals surface area contributed by atoms with Crippen molar-refractivity contribution in [3.63, 3.8) is 0 Å². The number of methoxy groups -OCH3 is 3. The van der Waals surface area contributed by atoms with Crippen LogP contribution in [0.2, 0.25) is 0 Å². The van der Waals surface area contributed by atoms with Gasteiger partial charge in [0.05, 0.1) is 27.0 Å². The van der Waals surface area contributed by atoms with Gasteiger partial charge in [0.15, 0.2) is 10.7 Å². The number of carbonyl (C=O) groups excluding carboxylic acids is 1. The first-order valence-corrected chi connectivity index (χ1v) is 14.0. The van der Waals surface area contributed by atoms with Crippen molar-refractivity contribution >= 4 is 38.5 Å². The van der Waals surface area contributed by atoms with E-state index in [0.717, 1.165) is 11.3 Å². The molecule has 13 heteroatoms. The molecule has 4 aromatic rings. The molecular formula is C28H27N5O7S. The van der Waals surface area contributed by atoms with E-state index in [4.69, 9.17) is 25.2 Å². The third-order valence-corrected chi connectivity index (χ3v) is 8.11. The Labute approximate surface area is 236 Å². The fourth-order valence-electron chi connectivity index (χ4n) is 4.68. The number of hydrogen-bond donors (Lipinski definition) is 1. The van der Waals surface area contributed by atoms with Crippen LogP contribution in [0.25, 0.3) is 22.4 Å². The minimum Gasteiger partial charge on any atom is -0.496 e. The number of aromatic nitrogens is 2. The van der Waals surface area contributed by atoms with Crippen molar-refractivity contribution in [2.24, 2.45) is 0 Å². The highest BCUT2D eigenvalue weighted by molar-refractivity contribution is 7.93. The number of nitrogens with zero attached hydrogens (tertiary/aromatic N) is 4. The van der Waals surface area contributed by atoms with Gasteiger partial charge in [-0.05, 0) is 30.2 Å². The van der Waals surface area contributed by atoms with Crippen LogP contribution in [-0.4, -0.2) is 76.9 Å². The molecule has 2 aromatic heterocycles. The number of piperazine rings is 1. The molecule has 0 aliphatic carbocycles. The summed E-state index contributed by atoms with van der Waals surface area (Å²) in [6.07, 6.45) is 5.25. The van der Waals surface area contributed by atoms with Crippen LogP contribution in [0.4, 0.5) is 11.5 Å². The molecular weight excluding hydrogens is 550 g/mol. The van der Waals surface area contributed by atoms with Crippen molar-refractivity contribution in [3.05, 3.63) is 48.5 Å². The van der Waals surface area contributed by atoms with Crippen LogP contribution in [0.5, 0.6) is 17.2 Å². The van der Waals surface area contributed by atoms with E-state index in [0.29, 0.717) is 37.6 Å². The van der Waals surface area contributed by atoms with Gasteiger partial charge in [-0.25, -0.2) is 13.4 Å². The molecule has 0 spiro atoms. The Morgan fingerprint density at radius 2 is 1.63 bits per heavy atom. The van der Waals surface area contributed by atoms with Crippen molar-refractivity contribution in [2.75, 3.05) is 57.1 Å². The van der Waals surface area contributed by atoms with Crippen LogP contribution < -0.4 is 23.8 Å². The lowest BCUT2D eigenvalue weighted by Gasteiger charge is -2.35. The first kappa shape index (κ1) is 27.6. The number of amides is 1. The molecule has 12 nitrogen and oxygen atoms in total. The van der Waals surface area contributed by atoms with E-state index in [-0.39, 0.29) is 39.2 Å². The van der Waals surface area contributed by atoms with Gasteiger partial charge in [0.25, 0.3) is 21.6 Å². The summed E-state index contributed by atoms with van der Waals surface area (Å²) in [6.45, 7) is 2.33. The number of sulfonamides is 1. The maximum atomic E-state index is 13.4. The number of benzene rings is 2. The van der Waals surface area contributed by atoms with Gasteiger partial charge in [0, 0.05) is 43.5 Å². The van der Waals surface area contributed by atoms with Crippen LogP contribution in [0.1, 0.15) is 0 Å². The molecule has 5 rings (SSSR count). The largest absolute Gasteiger partial charge is 0.496 e. The van der Waals surface area contributed by atoms with Gasteiger partial charge in [0.2, 0.25) is 0 Å². The van der Waals surface area contributed by atoms with Gasteiger partial charge in [0.1, 0.15) is 22.6 Å². The Hall–Kier alpha value is -4.96. The molecule has 1 saturated heterocycles. The molecule has 41 heavy (non-hydrogen) atoms. The van der Waals surface area contributed by atoms with Crippen LogP contribution in [0.15, 0.2) is 57.9 Å². The molecule has 1 aliphatic rings. The first-order chi connectivity index (χ1) is 19.8. The van der Waals surface area contributed by atoms with Gasteiger partial charge >= 0.3 is 0 Å². The van der Waals surface area contributed by atoms with E-state index in [2.05, 4.69) is 25.7 Å². The minimum atomic E-state index is -4.22. The van der Waals surface area contributed by atoms with Crippen LogP contribution >= 0.6 is 0 Å². The molecule has 0 radical (unpaired) electrons. The fourth-order valence-corrected chi connectivity index (χ4v) is 6.01. The Morgan fingerprint density at radius 3 is 2.27 bits per heavy atom. The van der Waals surface area contributed by atoms with E-state index < -0.39 is 10.0 Å². The summed E-state index contributed by atoms with van der Waals surface area (Å²) in [7, 11) is -0.0364. The maximum absolute atomic E-state index is 13.4. The Balaban J connectivity index is 1.46. The zero-order chi connectivity index (χ0) is 29.1. The molecule has 0 atom stereocenters. The monoisotopic (exact) mass is 577 g/mol. The number of rotatable bonds is 8. The summed E-state index contributed by atoms with van der Waals surface area (Å²) >= 11 is 0. The van der Waals surface area contributed by atoms with Crippen LogP contribution in [0.3, 0.4) is 0 Å². The lowest BCUT2D eigenvalue weighted by molar-refractivity contribution is -0.125. The number of ether oxygens (including phenoxy) is 3. The summed E-state index contributed by atoms with van der Waals surface area (Å²) in [5, 5.41) is 4.19. The van der Waals surface area contributed by atoms with Crippen LogP contribution in [-0.2, 0) is 14.8 Å². The number of fused-ring (bicyclic) bond motifs is 1. The molecule has 0 saturated carbocycles. The molecule has 0 unspecified atom stereocenters. The van der Waals surface area contributed by atoms with Crippen molar-refractivity contribution in [1.29, 1.82) is 0 Å². The maximum Gasteiger partial charge on any atom is 0.298 e. The second-order valence-corrected chi connectivity index (χ2v) is 10.6. The Morgan fingerprint density at radius 1 is 0.976 bits per heavy atom. The molecule has 1 N–H and O–H groups in total. The molecule has 1 aliphatic heterocycles. The summed E-state index contributed by atoms with van der Waals surface area (Å²) in [5.74, 6) is 2.26. The number of terminal acetylenes is 1. The van der Waals surface area contributed by atoms with Crippen LogP contribution in [0, 0.1) is 12.3 Å². The highest BCUT2D eigenvalue weighted by Crippen LogP contribution is 2.38. The SMILES string of the molecule is C#CC(=O)N1CCN(c2cccc(-c3cc(OC)c4c(NS(=O)(=O)c5c(OC)cccc5OC)noc4n3)c2)CC1. The highest BCUT2D eigenvalue weighted by Gasteiger charge is 2.28.